The summed E-state index contributed by atoms with van der Waals surface area (Å²) in [5, 5.41) is 10.4. The molecule has 6 aliphatic rings. The predicted molar refractivity (Wildman–Crippen MR) is 162 cm³/mol. The Morgan fingerprint density at radius 2 is 1.93 bits per heavy atom. The van der Waals surface area contributed by atoms with Gasteiger partial charge in [-0.3, -0.25) is 4.79 Å². The molecule has 41 heavy (non-hydrogen) atoms. The molecule has 5 heteroatoms. The summed E-state index contributed by atoms with van der Waals surface area (Å²) < 4.78 is 12.8. The van der Waals surface area contributed by atoms with E-state index in [1.54, 1.807) is 11.6 Å². The van der Waals surface area contributed by atoms with E-state index in [2.05, 4.69) is 38.8 Å². The summed E-state index contributed by atoms with van der Waals surface area (Å²) in [6, 6.07) is 10.6. The molecule has 0 radical (unpaired) electrons. The molecule has 1 aromatic carbocycles. The quantitative estimate of drug-likeness (QED) is 0.255. The van der Waals surface area contributed by atoms with E-state index in [0.29, 0.717) is 39.7 Å². The molecule has 1 N–H and O–H groups in total. The van der Waals surface area contributed by atoms with Gasteiger partial charge in [0.1, 0.15) is 23.1 Å². The topological polar surface area (TPSA) is 72.6 Å². The maximum Gasteiger partial charge on any atom is 0.182 e. The van der Waals surface area contributed by atoms with Crippen molar-refractivity contribution < 1.29 is 14.3 Å². The molecule has 0 spiro atoms. The molecule has 218 valence electrons. The lowest BCUT2D eigenvalue weighted by atomic mass is 9.47. The van der Waals surface area contributed by atoms with Crippen LogP contribution < -0.4 is 10.2 Å². The Morgan fingerprint density at radius 1 is 1.07 bits per heavy atom. The summed E-state index contributed by atoms with van der Waals surface area (Å²) in [7, 11) is 0. The van der Waals surface area contributed by atoms with Crippen LogP contribution in [0.2, 0.25) is 0 Å². The number of aromatic nitrogens is 1. The fourth-order valence-corrected chi connectivity index (χ4v) is 10.2. The lowest BCUT2D eigenvalue weighted by molar-refractivity contribution is -0.0653. The number of hydrogen-bond donors (Lipinski definition) is 1. The largest absolute Gasteiger partial charge is 0.490 e. The molecular formula is C36H45NO4. The van der Waals surface area contributed by atoms with Crippen LogP contribution in [-0.4, -0.2) is 22.3 Å². The van der Waals surface area contributed by atoms with Crippen molar-refractivity contribution in [2.75, 3.05) is 0 Å². The van der Waals surface area contributed by atoms with E-state index >= 15 is 0 Å². The highest BCUT2D eigenvalue weighted by molar-refractivity contribution is 5.77. The smallest absolute Gasteiger partial charge is 0.182 e. The van der Waals surface area contributed by atoms with Gasteiger partial charge in [-0.1, -0.05) is 39.3 Å². The minimum atomic E-state index is -0.139. The van der Waals surface area contributed by atoms with Crippen LogP contribution in [0.3, 0.4) is 0 Å². The highest BCUT2D eigenvalue weighted by atomic mass is 16.5. The average Bonchev–Trinajstić information content (AvgIpc) is 3.32. The van der Waals surface area contributed by atoms with Crippen LogP contribution in [0.15, 0.2) is 57.3 Å². The van der Waals surface area contributed by atoms with E-state index in [9.17, 15) is 9.90 Å². The predicted octanol–water partition coefficient (Wildman–Crippen LogP) is 8.03. The highest BCUT2D eigenvalue weighted by Crippen LogP contribution is 2.67. The molecule has 9 atom stereocenters. The van der Waals surface area contributed by atoms with Crippen LogP contribution in [0.1, 0.15) is 85.5 Å². The lowest BCUT2D eigenvalue weighted by Gasteiger charge is -2.58. The third-order valence-electron chi connectivity index (χ3n) is 12.4. The van der Waals surface area contributed by atoms with Gasteiger partial charge in [-0.15, -0.1) is 0 Å². The fraction of sp³-hybridized carbons (Fsp3) is 0.611. The van der Waals surface area contributed by atoms with E-state index in [-0.39, 0.29) is 17.6 Å². The minimum Gasteiger partial charge on any atom is -0.490 e. The first-order chi connectivity index (χ1) is 19.7. The molecule has 3 saturated carbocycles. The number of rotatable bonds is 5. The van der Waals surface area contributed by atoms with Crippen molar-refractivity contribution >= 4 is 11.1 Å². The first-order valence-electron chi connectivity index (χ1n) is 16.1. The van der Waals surface area contributed by atoms with E-state index in [0.717, 1.165) is 54.7 Å². The maximum absolute atomic E-state index is 11.8. The second kappa shape index (κ2) is 9.97. The van der Waals surface area contributed by atoms with Crippen LogP contribution in [0.5, 0.6) is 5.75 Å². The third-order valence-corrected chi connectivity index (χ3v) is 12.4. The Labute approximate surface area is 243 Å². The van der Waals surface area contributed by atoms with Crippen LogP contribution >= 0.6 is 0 Å². The molecule has 1 heterocycles. The van der Waals surface area contributed by atoms with E-state index < -0.39 is 0 Å². The first kappa shape index (κ1) is 27.2. The van der Waals surface area contributed by atoms with Crippen molar-refractivity contribution in [1.29, 1.82) is 0 Å². The Balaban J connectivity index is 1.11. The van der Waals surface area contributed by atoms with Crippen LogP contribution in [0.4, 0.5) is 0 Å². The zero-order chi connectivity index (χ0) is 28.5. The molecule has 1 unspecified atom stereocenters. The number of allylic oxidation sites excluding steroid dienone is 1. The summed E-state index contributed by atoms with van der Waals surface area (Å²) in [5.74, 6) is 4.73. The van der Waals surface area contributed by atoms with Crippen LogP contribution in [-0.2, 0) is 0 Å². The molecule has 1 aliphatic heterocycles. The summed E-state index contributed by atoms with van der Waals surface area (Å²) in [6.45, 7) is 9.80. The zero-order valence-corrected chi connectivity index (χ0v) is 25.1. The van der Waals surface area contributed by atoms with Gasteiger partial charge in [0.25, 0.3) is 0 Å². The van der Waals surface area contributed by atoms with Crippen molar-refractivity contribution in [3.63, 3.8) is 0 Å². The number of benzene rings is 2. The van der Waals surface area contributed by atoms with E-state index in [1.165, 1.54) is 44.2 Å². The number of nitrogens with zero attached hydrogens (tertiary/aromatic N) is 1. The summed E-state index contributed by atoms with van der Waals surface area (Å²) >= 11 is 0. The number of aliphatic hydroxyl groups is 1. The molecule has 7 rings (SSSR count). The Kier molecular flexibility index (Phi) is 6.61. The van der Waals surface area contributed by atoms with Gasteiger partial charge < -0.3 is 14.3 Å². The third kappa shape index (κ3) is 4.37. The summed E-state index contributed by atoms with van der Waals surface area (Å²) in [6.07, 6.45) is 13.0. The first-order valence-corrected chi connectivity index (χ1v) is 16.1. The highest BCUT2D eigenvalue weighted by Gasteiger charge is 2.59. The van der Waals surface area contributed by atoms with Gasteiger partial charge >= 0.3 is 0 Å². The lowest BCUT2D eigenvalue weighted by Crippen LogP contribution is -2.51. The fourth-order valence-electron chi connectivity index (χ4n) is 10.2. The van der Waals surface area contributed by atoms with Crippen molar-refractivity contribution in [1.82, 2.24) is 4.98 Å². The molecule has 3 fully saturated rings. The molecular weight excluding hydrogens is 510 g/mol. The average molecular weight is 556 g/mol. The second-order valence-electron chi connectivity index (χ2n) is 14.3. The number of ether oxygens (including phenoxy) is 1. The van der Waals surface area contributed by atoms with Crippen LogP contribution in [0, 0.1) is 40.4 Å². The summed E-state index contributed by atoms with van der Waals surface area (Å²) in [5.41, 5.74) is 4.21. The van der Waals surface area contributed by atoms with Gasteiger partial charge in [0, 0.05) is 12.1 Å². The molecule has 0 amide bonds. The molecule has 0 bridgehead atoms. The Hall–Kier alpha value is -2.66. The van der Waals surface area contributed by atoms with Gasteiger partial charge in [0.2, 0.25) is 0 Å². The van der Waals surface area contributed by atoms with Crippen molar-refractivity contribution in [3.8, 4) is 17.2 Å². The standard InChI is InChI=1S/C36H45NO4/c1-5-32(40-25-8-13-31-34(20-25)41-33-19-23(38)7-12-30(33)37-31)21(2)27-10-11-28-26-9-6-22-18-24(39)14-16-35(22,3)29(26)15-17-36(27,28)4/h6-8,12-13,19-21,24,26-29,32,39H,5,9-11,14-18H2,1-4H3/t21-,24-,26-,27+,28-,29-,32?,35-,36+/m0/s1. The Morgan fingerprint density at radius 3 is 2.76 bits per heavy atom. The van der Waals surface area contributed by atoms with E-state index in [1.807, 2.05) is 18.2 Å². The van der Waals surface area contributed by atoms with Crippen LogP contribution in [0.25, 0.3) is 22.6 Å². The SMILES string of the molecule is CCC(Oc1ccc2nc3ccc(=O)cc-3oc2c1)[C@@H](C)[C@H]1CC[C@H]2[C@@H]3CC=C4C[C@@H](O)CC[C@]4(C)[C@H]3CC[C@]12C. The summed E-state index contributed by atoms with van der Waals surface area (Å²) in [4.78, 5) is 16.5. The molecule has 0 aromatic heterocycles. The maximum atomic E-state index is 11.8. The van der Waals surface area contributed by atoms with Crippen molar-refractivity contribution in [3.05, 3.63) is 58.3 Å². The van der Waals surface area contributed by atoms with Gasteiger partial charge in [-0.05, 0) is 122 Å². The number of aliphatic hydroxyl groups excluding tert-OH is 1. The van der Waals surface area contributed by atoms with E-state index in [4.69, 9.17) is 9.15 Å². The van der Waals surface area contributed by atoms with Gasteiger partial charge in [0.15, 0.2) is 16.8 Å². The number of fused-ring (bicyclic) bond motifs is 7. The van der Waals surface area contributed by atoms with Crippen molar-refractivity contribution in [2.24, 2.45) is 40.4 Å². The monoisotopic (exact) mass is 555 g/mol. The molecule has 5 aliphatic carbocycles. The second-order valence-corrected chi connectivity index (χ2v) is 14.3. The molecule has 1 aromatic rings. The molecule has 5 nitrogen and oxygen atoms in total. The molecule has 0 saturated heterocycles. The van der Waals surface area contributed by atoms with Gasteiger partial charge in [0.05, 0.1) is 6.10 Å². The Bertz CT molecular complexity index is 1510. The zero-order valence-electron chi connectivity index (χ0n) is 25.1. The minimum absolute atomic E-state index is 0.0802. The van der Waals surface area contributed by atoms with Gasteiger partial charge in [-0.25, -0.2) is 4.98 Å². The number of hydrogen-bond acceptors (Lipinski definition) is 5. The van der Waals surface area contributed by atoms with Gasteiger partial charge in [-0.2, -0.15) is 0 Å². The normalized spacial score (nSPS) is 36.2. The van der Waals surface area contributed by atoms with Crippen molar-refractivity contribution in [2.45, 2.75) is 97.7 Å².